The summed E-state index contributed by atoms with van der Waals surface area (Å²) in [6, 6.07) is 13.0. The number of alkyl halides is 3. The molecule has 36 heavy (non-hydrogen) atoms. The average molecular weight is 499 g/mol. The van der Waals surface area contributed by atoms with Crippen LogP contribution in [-0.2, 0) is 22.3 Å². The number of Topliss-reactive ketones (excluding diaryl/α,β-unsaturated/α-hetero) is 1. The average Bonchev–Trinajstić information content (AvgIpc) is 3.34. The van der Waals surface area contributed by atoms with Crippen molar-refractivity contribution in [3.05, 3.63) is 94.4 Å². The third kappa shape index (κ3) is 5.00. The second kappa shape index (κ2) is 9.56. The minimum atomic E-state index is -4.56. The zero-order valence-corrected chi connectivity index (χ0v) is 19.8. The molecule has 1 aliphatic rings. The van der Waals surface area contributed by atoms with E-state index in [-0.39, 0.29) is 35.1 Å². The number of aliphatic hydroxyl groups is 1. The van der Waals surface area contributed by atoms with E-state index in [0.29, 0.717) is 11.5 Å². The number of hydrogen-bond donors (Lipinski definition) is 1. The summed E-state index contributed by atoms with van der Waals surface area (Å²) in [5, 5.41) is 11.2. The third-order valence-electron chi connectivity index (χ3n) is 5.66. The van der Waals surface area contributed by atoms with Crippen LogP contribution in [0.25, 0.3) is 5.76 Å². The highest BCUT2D eigenvalue weighted by Gasteiger charge is 2.47. The van der Waals surface area contributed by atoms with Gasteiger partial charge in [-0.25, -0.2) is 0 Å². The Hall–Kier alpha value is -4.01. The van der Waals surface area contributed by atoms with E-state index in [1.54, 1.807) is 43.3 Å². The lowest BCUT2D eigenvalue weighted by Crippen LogP contribution is -2.29. The fourth-order valence-corrected chi connectivity index (χ4v) is 4.13. The van der Waals surface area contributed by atoms with Crippen LogP contribution in [0.1, 0.15) is 48.1 Å². The molecule has 2 heterocycles. The highest BCUT2D eigenvalue weighted by molar-refractivity contribution is 6.46. The molecule has 1 amide bonds. The molecule has 9 heteroatoms. The van der Waals surface area contributed by atoms with Crippen molar-refractivity contribution in [1.29, 1.82) is 0 Å². The minimum Gasteiger partial charge on any atom is -0.507 e. The number of hydrogen-bond acceptors (Lipinski definition) is 5. The van der Waals surface area contributed by atoms with Crippen molar-refractivity contribution in [3.8, 4) is 5.75 Å². The van der Waals surface area contributed by atoms with Crippen LogP contribution >= 0.6 is 0 Å². The van der Waals surface area contributed by atoms with Crippen molar-refractivity contribution in [2.24, 2.45) is 0 Å². The van der Waals surface area contributed by atoms with Gasteiger partial charge in [0, 0.05) is 12.1 Å². The van der Waals surface area contributed by atoms with Crippen LogP contribution in [0.5, 0.6) is 5.75 Å². The van der Waals surface area contributed by atoms with Gasteiger partial charge in [0.1, 0.15) is 29.1 Å². The van der Waals surface area contributed by atoms with Gasteiger partial charge in [-0.05, 0) is 62.7 Å². The number of aliphatic hydroxyl groups excluding tert-OH is 1. The van der Waals surface area contributed by atoms with Crippen molar-refractivity contribution in [3.63, 3.8) is 0 Å². The van der Waals surface area contributed by atoms with E-state index in [1.165, 1.54) is 12.1 Å². The van der Waals surface area contributed by atoms with Gasteiger partial charge in [0.15, 0.2) is 0 Å². The number of halogens is 3. The second-order valence-corrected chi connectivity index (χ2v) is 8.77. The summed E-state index contributed by atoms with van der Waals surface area (Å²) < 4.78 is 51.1. The molecule has 1 unspecified atom stereocenters. The SMILES string of the molecule is Cc1ccc(C2/C(=C(/O)c3cccc(OC(C)C)c3)C(=O)C(=O)N2Cc2cccc(C(F)(F)F)c2)o1. The van der Waals surface area contributed by atoms with E-state index in [2.05, 4.69) is 0 Å². The van der Waals surface area contributed by atoms with E-state index in [4.69, 9.17) is 9.15 Å². The van der Waals surface area contributed by atoms with Gasteiger partial charge in [-0.15, -0.1) is 0 Å². The smallest absolute Gasteiger partial charge is 0.416 e. The zero-order valence-electron chi connectivity index (χ0n) is 19.8. The topological polar surface area (TPSA) is 80.0 Å². The number of rotatable bonds is 6. The highest BCUT2D eigenvalue weighted by atomic mass is 19.4. The molecule has 0 aliphatic carbocycles. The van der Waals surface area contributed by atoms with Crippen molar-refractivity contribution in [2.75, 3.05) is 0 Å². The lowest BCUT2D eigenvalue weighted by Gasteiger charge is -2.24. The molecule has 0 bridgehead atoms. The van der Waals surface area contributed by atoms with Gasteiger partial charge in [0.2, 0.25) is 0 Å². The first-order chi connectivity index (χ1) is 17.0. The van der Waals surface area contributed by atoms with Crippen LogP contribution in [-0.4, -0.2) is 27.8 Å². The molecule has 4 rings (SSSR count). The summed E-state index contributed by atoms with van der Waals surface area (Å²) in [5.74, 6) is -1.20. The van der Waals surface area contributed by atoms with E-state index in [0.717, 1.165) is 17.0 Å². The molecule has 1 aliphatic heterocycles. The second-order valence-electron chi connectivity index (χ2n) is 8.77. The normalized spacial score (nSPS) is 17.8. The van der Waals surface area contributed by atoms with Gasteiger partial charge in [-0.2, -0.15) is 13.2 Å². The number of carbonyl (C=O) groups is 2. The largest absolute Gasteiger partial charge is 0.507 e. The molecule has 0 radical (unpaired) electrons. The van der Waals surface area contributed by atoms with Crippen molar-refractivity contribution in [2.45, 2.75) is 45.6 Å². The Morgan fingerprint density at radius 1 is 1.08 bits per heavy atom. The molecule has 6 nitrogen and oxygen atoms in total. The van der Waals surface area contributed by atoms with Crippen molar-refractivity contribution >= 4 is 17.4 Å². The van der Waals surface area contributed by atoms with Crippen LogP contribution in [0.2, 0.25) is 0 Å². The van der Waals surface area contributed by atoms with Gasteiger partial charge in [-0.1, -0.05) is 24.3 Å². The maximum absolute atomic E-state index is 13.2. The highest BCUT2D eigenvalue weighted by Crippen LogP contribution is 2.41. The Kier molecular flexibility index (Phi) is 6.67. The fourth-order valence-electron chi connectivity index (χ4n) is 4.13. The number of ketones is 1. The van der Waals surface area contributed by atoms with E-state index in [1.807, 2.05) is 13.8 Å². The summed E-state index contributed by atoms with van der Waals surface area (Å²) in [4.78, 5) is 27.3. The molecule has 1 N–H and O–H groups in total. The van der Waals surface area contributed by atoms with Crippen LogP contribution in [0.3, 0.4) is 0 Å². The Bertz CT molecular complexity index is 1340. The summed E-state index contributed by atoms with van der Waals surface area (Å²) >= 11 is 0. The molecule has 3 aromatic rings. The molecular formula is C27H24F3NO5. The number of carbonyl (C=O) groups excluding carboxylic acids is 2. The summed E-state index contributed by atoms with van der Waals surface area (Å²) in [5.41, 5.74) is -0.669. The molecular weight excluding hydrogens is 475 g/mol. The maximum atomic E-state index is 13.2. The predicted molar refractivity (Wildman–Crippen MR) is 125 cm³/mol. The number of ether oxygens (including phenoxy) is 1. The quantitative estimate of drug-likeness (QED) is 0.255. The monoisotopic (exact) mass is 499 g/mol. The molecule has 1 atom stereocenters. The first kappa shape index (κ1) is 25.1. The number of furan rings is 1. The number of benzene rings is 2. The number of likely N-dealkylation sites (tertiary alicyclic amines) is 1. The van der Waals surface area contributed by atoms with E-state index < -0.39 is 35.2 Å². The Balaban J connectivity index is 1.81. The Morgan fingerprint density at radius 3 is 2.44 bits per heavy atom. The first-order valence-electron chi connectivity index (χ1n) is 11.2. The fraction of sp³-hybridized carbons (Fsp3) is 0.259. The van der Waals surface area contributed by atoms with E-state index >= 15 is 0 Å². The van der Waals surface area contributed by atoms with Gasteiger partial charge >= 0.3 is 6.18 Å². The summed E-state index contributed by atoms with van der Waals surface area (Å²) in [6.07, 6.45) is -4.70. The van der Waals surface area contributed by atoms with E-state index in [9.17, 15) is 27.9 Å². The Labute approximate surface area is 205 Å². The molecule has 1 fully saturated rings. The predicted octanol–water partition coefficient (Wildman–Crippen LogP) is 6.02. The maximum Gasteiger partial charge on any atom is 0.416 e. The van der Waals surface area contributed by atoms with Gasteiger partial charge in [0.25, 0.3) is 11.7 Å². The van der Waals surface area contributed by atoms with Crippen LogP contribution < -0.4 is 4.74 Å². The molecule has 2 aromatic carbocycles. The van der Waals surface area contributed by atoms with Crippen LogP contribution in [0, 0.1) is 6.92 Å². The lowest BCUT2D eigenvalue weighted by molar-refractivity contribution is -0.140. The standard InChI is InChI=1S/C27H24F3NO5/c1-15(2)35-20-9-5-7-18(13-20)24(32)22-23(21-11-10-16(3)36-21)31(26(34)25(22)33)14-17-6-4-8-19(12-17)27(28,29)30/h4-13,15,23,32H,14H2,1-3H3/b24-22-. The van der Waals surface area contributed by atoms with Crippen LogP contribution in [0.4, 0.5) is 13.2 Å². The van der Waals surface area contributed by atoms with Gasteiger partial charge < -0.3 is 19.2 Å². The minimum absolute atomic E-state index is 0.133. The molecule has 1 aromatic heterocycles. The Morgan fingerprint density at radius 2 is 1.81 bits per heavy atom. The summed E-state index contributed by atoms with van der Waals surface area (Å²) in [6.45, 7) is 5.05. The summed E-state index contributed by atoms with van der Waals surface area (Å²) in [7, 11) is 0. The van der Waals surface area contributed by atoms with Gasteiger partial charge in [-0.3, -0.25) is 9.59 Å². The molecule has 0 saturated carbocycles. The van der Waals surface area contributed by atoms with Crippen molar-refractivity contribution in [1.82, 2.24) is 4.90 Å². The molecule has 188 valence electrons. The zero-order chi connectivity index (χ0) is 26.2. The van der Waals surface area contributed by atoms with Crippen molar-refractivity contribution < 1.29 is 37.0 Å². The number of amides is 1. The van der Waals surface area contributed by atoms with Gasteiger partial charge in [0.05, 0.1) is 17.2 Å². The molecule has 0 spiro atoms. The van der Waals surface area contributed by atoms with Crippen LogP contribution in [0.15, 0.2) is 70.7 Å². The third-order valence-corrected chi connectivity index (χ3v) is 5.66. The number of aryl methyl sites for hydroxylation is 1. The number of nitrogens with zero attached hydrogens (tertiary/aromatic N) is 1. The lowest BCUT2D eigenvalue weighted by atomic mass is 9.99. The first-order valence-corrected chi connectivity index (χ1v) is 11.2. The molecule has 1 saturated heterocycles.